The number of hydrogen-bond acceptors (Lipinski definition) is 3. The van der Waals surface area contributed by atoms with Gasteiger partial charge in [-0.15, -0.1) is 0 Å². The van der Waals surface area contributed by atoms with Crippen LogP contribution < -0.4 is 10.2 Å². The molecule has 1 heterocycles. The van der Waals surface area contributed by atoms with E-state index < -0.39 is 11.8 Å². The van der Waals surface area contributed by atoms with Crippen molar-refractivity contribution in [3.05, 3.63) is 113 Å². The number of hydrogen-bond donors (Lipinski definition) is 1. The van der Waals surface area contributed by atoms with Crippen molar-refractivity contribution in [1.29, 1.82) is 0 Å². The highest BCUT2D eigenvalue weighted by atomic mass is 19.1. The summed E-state index contributed by atoms with van der Waals surface area (Å²) in [6.45, 7) is 3.96. The minimum atomic E-state index is -0.450. The smallest absolute Gasteiger partial charge is 0.282 e. The second-order valence-corrected chi connectivity index (χ2v) is 8.12. The molecule has 2 amide bonds. The Hall–Kier alpha value is -4.25. The first kappa shape index (κ1) is 20.6. The van der Waals surface area contributed by atoms with Crippen molar-refractivity contribution in [3.63, 3.8) is 0 Å². The average molecular weight is 436 g/mol. The molecule has 0 saturated carbocycles. The zero-order valence-corrected chi connectivity index (χ0v) is 18.2. The number of amides is 2. The molecule has 33 heavy (non-hydrogen) atoms. The van der Waals surface area contributed by atoms with E-state index in [9.17, 15) is 14.0 Å². The second-order valence-electron chi connectivity index (χ2n) is 8.12. The molecule has 5 rings (SSSR count). The van der Waals surface area contributed by atoms with Gasteiger partial charge in [-0.3, -0.25) is 9.59 Å². The van der Waals surface area contributed by atoms with Crippen LogP contribution in [0.4, 0.5) is 15.8 Å². The number of nitrogens with zero attached hydrogens (tertiary/aromatic N) is 1. The average Bonchev–Trinajstić information content (AvgIpc) is 3.06. The number of halogens is 1. The van der Waals surface area contributed by atoms with E-state index in [0.29, 0.717) is 22.5 Å². The van der Waals surface area contributed by atoms with Crippen molar-refractivity contribution in [2.24, 2.45) is 0 Å². The Balaban J connectivity index is 1.67. The summed E-state index contributed by atoms with van der Waals surface area (Å²) in [4.78, 5) is 28.7. The molecule has 0 atom stereocenters. The number of carbonyl (C=O) groups excluding carboxylic acids is 2. The van der Waals surface area contributed by atoms with E-state index in [0.717, 1.165) is 21.9 Å². The Bertz CT molecular complexity index is 1450. The zero-order chi connectivity index (χ0) is 23.1. The van der Waals surface area contributed by atoms with Crippen LogP contribution in [0.15, 0.2) is 90.6 Å². The summed E-state index contributed by atoms with van der Waals surface area (Å²) in [5.41, 5.74) is 4.28. The summed E-state index contributed by atoms with van der Waals surface area (Å²) in [6, 6.07) is 24.6. The monoisotopic (exact) mass is 436 g/mol. The minimum Gasteiger partial charge on any atom is -0.350 e. The van der Waals surface area contributed by atoms with Crippen molar-refractivity contribution < 1.29 is 14.0 Å². The maximum absolute atomic E-state index is 13.8. The van der Waals surface area contributed by atoms with E-state index in [2.05, 4.69) is 5.32 Å². The highest BCUT2D eigenvalue weighted by Crippen LogP contribution is 2.37. The van der Waals surface area contributed by atoms with E-state index in [4.69, 9.17) is 0 Å². The molecular weight excluding hydrogens is 415 g/mol. The first-order valence-corrected chi connectivity index (χ1v) is 10.6. The van der Waals surface area contributed by atoms with Crippen LogP contribution >= 0.6 is 0 Å². The zero-order valence-electron chi connectivity index (χ0n) is 18.2. The van der Waals surface area contributed by atoms with Crippen molar-refractivity contribution in [3.8, 4) is 0 Å². The number of benzene rings is 4. The van der Waals surface area contributed by atoms with E-state index in [1.165, 1.54) is 17.0 Å². The van der Waals surface area contributed by atoms with Gasteiger partial charge in [-0.05, 0) is 66.3 Å². The number of anilines is 2. The molecule has 0 unspecified atom stereocenters. The molecule has 0 saturated heterocycles. The van der Waals surface area contributed by atoms with Crippen molar-refractivity contribution in [2.45, 2.75) is 13.8 Å². The van der Waals surface area contributed by atoms with Gasteiger partial charge in [-0.1, -0.05) is 54.6 Å². The fraction of sp³-hybridized carbons (Fsp3) is 0.0714. The first-order chi connectivity index (χ1) is 15.9. The largest absolute Gasteiger partial charge is 0.350 e. The summed E-state index contributed by atoms with van der Waals surface area (Å²) in [6.07, 6.45) is 0. The molecule has 0 aliphatic carbocycles. The molecule has 1 N–H and O–H groups in total. The normalized spacial score (nSPS) is 13.8. The Labute approximate surface area is 191 Å². The van der Waals surface area contributed by atoms with Gasteiger partial charge in [0.2, 0.25) is 0 Å². The van der Waals surface area contributed by atoms with E-state index in [-0.39, 0.29) is 11.5 Å². The molecule has 1 aliphatic rings. The number of rotatable bonds is 4. The summed E-state index contributed by atoms with van der Waals surface area (Å²) >= 11 is 0. The molecule has 4 nitrogen and oxygen atoms in total. The maximum atomic E-state index is 13.8. The molecule has 0 spiro atoms. The number of fused-ring (bicyclic) bond motifs is 1. The number of carbonyl (C=O) groups is 2. The van der Waals surface area contributed by atoms with Gasteiger partial charge in [-0.2, -0.15) is 0 Å². The molecule has 0 fully saturated rings. The molecule has 4 aromatic carbocycles. The Kier molecular flexibility index (Phi) is 5.02. The highest BCUT2D eigenvalue weighted by molar-refractivity contribution is 6.47. The van der Waals surface area contributed by atoms with Gasteiger partial charge >= 0.3 is 0 Å². The van der Waals surface area contributed by atoms with Gasteiger partial charge in [0, 0.05) is 11.1 Å². The Morgan fingerprint density at radius 1 is 0.758 bits per heavy atom. The summed E-state index contributed by atoms with van der Waals surface area (Å²) in [5, 5.41) is 4.82. The fourth-order valence-electron chi connectivity index (χ4n) is 4.11. The van der Waals surface area contributed by atoms with Gasteiger partial charge in [-0.25, -0.2) is 9.29 Å². The van der Waals surface area contributed by atoms with Crippen molar-refractivity contribution in [1.82, 2.24) is 0 Å². The van der Waals surface area contributed by atoms with E-state index in [1.54, 1.807) is 18.2 Å². The van der Waals surface area contributed by atoms with Crippen LogP contribution in [0.1, 0.15) is 16.7 Å². The number of imide groups is 1. The minimum absolute atomic E-state index is 0.169. The van der Waals surface area contributed by atoms with Gasteiger partial charge in [0.1, 0.15) is 11.5 Å². The second kappa shape index (κ2) is 8.02. The Morgan fingerprint density at radius 2 is 1.48 bits per heavy atom. The van der Waals surface area contributed by atoms with Crippen LogP contribution in [0.3, 0.4) is 0 Å². The molecule has 0 bridgehead atoms. The van der Waals surface area contributed by atoms with Crippen molar-refractivity contribution >= 4 is 39.5 Å². The first-order valence-electron chi connectivity index (χ1n) is 10.6. The van der Waals surface area contributed by atoms with Crippen LogP contribution in [0.25, 0.3) is 16.3 Å². The fourth-order valence-corrected chi connectivity index (χ4v) is 4.11. The van der Waals surface area contributed by atoms with Crippen molar-refractivity contribution in [2.75, 3.05) is 10.2 Å². The molecule has 5 heteroatoms. The number of aryl methyl sites for hydroxylation is 2. The lowest BCUT2D eigenvalue weighted by atomic mass is 9.99. The van der Waals surface area contributed by atoms with Gasteiger partial charge in [0.05, 0.1) is 11.3 Å². The predicted molar refractivity (Wildman–Crippen MR) is 129 cm³/mol. The SMILES string of the molecule is Cc1ccc(C2=C(Nc3ccc(F)cc3)C(=O)N(c3cccc4ccccc34)C2=O)cc1C. The molecular formula is C28H21FN2O2. The topological polar surface area (TPSA) is 49.4 Å². The van der Waals surface area contributed by atoms with Crippen LogP contribution in [-0.4, -0.2) is 11.8 Å². The van der Waals surface area contributed by atoms with Crippen LogP contribution in [0.5, 0.6) is 0 Å². The van der Waals surface area contributed by atoms with Gasteiger partial charge < -0.3 is 5.32 Å². The summed E-state index contributed by atoms with van der Waals surface area (Å²) in [5.74, 6) is -1.23. The van der Waals surface area contributed by atoms with E-state index >= 15 is 0 Å². The van der Waals surface area contributed by atoms with Crippen LogP contribution in [0.2, 0.25) is 0 Å². The quantitative estimate of drug-likeness (QED) is 0.400. The highest BCUT2D eigenvalue weighted by Gasteiger charge is 2.41. The number of nitrogens with one attached hydrogen (secondary N) is 1. The third kappa shape index (κ3) is 3.57. The lowest BCUT2D eigenvalue weighted by molar-refractivity contribution is -0.120. The van der Waals surface area contributed by atoms with E-state index in [1.807, 2.05) is 68.4 Å². The Morgan fingerprint density at radius 3 is 2.24 bits per heavy atom. The third-order valence-electron chi connectivity index (χ3n) is 6.00. The molecule has 4 aromatic rings. The molecule has 0 radical (unpaired) electrons. The standard InChI is InChI=1S/C28H21FN2O2/c1-17-10-11-20(16-18(17)2)25-26(30-22-14-12-21(29)13-15-22)28(33)31(27(25)32)24-9-5-7-19-6-3-4-8-23(19)24/h3-16,30H,1-2H3. The maximum Gasteiger partial charge on any atom is 0.282 e. The lowest BCUT2D eigenvalue weighted by Crippen LogP contribution is -2.32. The van der Waals surface area contributed by atoms with Gasteiger partial charge in [0.25, 0.3) is 11.8 Å². The molecule has 162 valence electrons. The van der Waals surface area contributed by atoms with Crippen LogP contribution in [-0.2, 0) is 9.59 Å². The predicted octanol–water partition coefficient (Wildman–Crippen LogP) is 5.99. The van der Waals surface area contributed by atoms with Crippen LogP contribution in [0, 0.1) is 19.7 Å². The third-order valence-corrected chi connectivity index (χ3v) is 6.00. The van der Waals surface area contributed by atoms with Gasteiger partial charge in [0.15, 0.2) is 0 Å². The lowest BCUT2D eigenvalue weighted by Gasteiger charge is -2.18. The molecule has 1 aliphatic heterocycles. The summed E-state index contributed by atoms with van der Waals surface area (Å²) < 4.78 is 13.4. The summed E-state index contributed by atoms with van der Waals surface area (Å²) in [7, 11) is 0. The molecule has 0 aromatic heterocycles.